The Bertz CT molecular complexity index is 644. The van der Waals surface area contributed by atoms with Gasteiger partial charge in [0.1, 0.15) is 11.6 Å². The monoisotopic (exact) mass is 371 g/mol. The number of methoxy groups -OCH3 is 1. The van der Waals surface area contributed by atoms with Crippen molar-refractivity contribution in [3.63, 3.8) is 0 Å². The van der Waals surface area contributed by atoms with Crippen LogP contribution in [-0.4, -0.2) is 67.5 Å². The summed E-state index contributed by atoms with van der Waals surface area (Å²) in [5, 5.41) is 3.05. The molecule has 3 rings (SSSR count). The molecule has 2 heterocycles. The van der Waals surface area contributed by atoms with Crippen molar-refractivity contribution < 1.29 is 18.7 Å². The van der Waals surface area contributed by atoms with E-state index in [4.69, 9.17) is 4.74 Å². The zero-order valence-electron chi connectivity index (χ0n) is 14.2. The van der Waals surface area contributed by atoms with Crippen LogP contribution < -0.4 is 10.1 Å². The molecule has 0 radical (unpaired) electrons. The Balaban J connectivity index is 0.00000225. The maximum atomic E-state index is 13.5. The summed E-state index contributed by atoms with van der Waals surface area (Å²) in [6.45, 7) is 2.87. The molecule has 2 aliphatic rings. The van der Waals surface area contributed by atoms with E-state index >= 15 is 0 Å². The lowest BCUT2D eigenvalue weighted by Crippen LogP contribution is -2.57. The van der Waals surface area contributed by atoms with Crippen molar-refractivity contribution in [1.82, 2.24) is 15.1 Å². The van der Waals surface area contributed by atoms with Gasteiger partial charge in [-0.05, 0) is 31.0 Å². The Morgan fingerprint density at radius 3 is 2.88 bits per heavy atom. The van der Waals surface area contributed by atoms with Gasteiger partial charge in [0.05, 0.1) is 19.2 Å². The summed E-state index contributed by atoms with van der Waals surface area (Å²) < 4.78 is 18.7. The van der Waals surface area contributed by atoms with Crippen LogP contribution in [-0.2, 0) is 4.79 Å². The van der Waals surface area contributed by atoms with Crippen molar-refractivity contribution in [2.24, 2.45) is 0 Å². The number of halogens is 2. The van der Waals surface area contributed by atoms with Crippen LogP contribution in [0, 0.1) is 5.82 Å². The second kappa shape index (κ2) is 8.49. The SMILES string of the molecule is COc1ccc(F)cc1C(=O)N1CCCC(N2CCNCC2=O)C1.Cl. The Morgan fingerprint density at radius 1 is 1.36 bits per heavy atom. The Morgan fingerprint density at radius 2 is 2.16 bits per heavy atom. The van der Waals surface area contributed by atoms with Gasteiger partial charge in [0.2, 0.25) is 5.91 Å². The van der Waals surface area contributed by atoms with Gasteiger partial charge < -0.3 is 19.9 Å². The summed E-state index contributed by atoms with van der Waals surface area (Å²) in [6.07, 6.45) is 1.71. The third-order valence-corrected chi connectivity index (χ3v) is 4.64. The van der Waals surface area contributed by atoms with Crippen LogP contribution >= 0.6 is 12.4 Å². The van der Waals surface area contributed by atoms with Crippen molar-refractivity contribution in [2.45, 2.75) is 18.9 Å². The average Bonchev–Trinajstić information content (AvgIpc) is 2.61. The van der Waals surface area contributed by atoms with Gasteiger partial charge in [-0.3, -0.25) is 9.59 Å². The number of piperazine rings is 1. The molecule has 1 unspecified atom stereocenters. The number of carbonyl (C=O) groups is 2. The molecular weight excluding hydrogens is 349 g/mol. The summed E-state index contributed by atoms with van der Waals surface area (Å²) in [4.78, 5) is 28.4. The largest absolute Gasteiger partial charge is 0.496 e. The number of amides is 2. The number of rotatable bonds is 3. The molecule has 2 fully saturated rings. The van der Waals surface area contributed by atoms with Gasteiger partial charge in [-0.1, -0.05) is 0 Å². The highest BCUT2D eigenvalue weighted by molar-refractivity contribution is 5.97. The molecule has 1 aromatic rings. The van der Waals surface area contributed by atoms with Crippen molar-refractivity contribution in [3.8, 4) is 5.75 Å². The van der Waals surface area contributed by atoms with E-state index < -0.39 is 5.82 Å². The molecule has 2 saturated heterocycles. The van der Waals surface area contributed by atoms with Crippen molar-refractivity contribution in [3.05, 3.63) is 29.6 Å². The molecular formula is C17H23ClFN3O3. The lowest BCUT2D eigenvalue weighted by atomic mass is 10.0. The third-order valence-electron chi connectivity index (χ3n) is 4.64. The van der Waals surface area contributed by atoms with E-state index in [-0.39, 0.29) is 35.8 Å². The van der Waals surface area contributed by atoms with Crippen LogP contribution in [0.15, 0.2) is 18.2 Å². The van der Waals surface area contributed by atoms with Gasteiger partial charge in [0, 0.05) is 32.2 Å². The van der Waals surface area contributed by atoms with Crippen LogP contribution in [0.1, 0.15) is 23.2 Å². The summed E-state index contributed by atoms with van der Waals surface area (Å²) in [7, 11) is 1.46. The van der Waals surface area contributed by atoms with E-state index in [9.17, 15) is 14.0 Å². The minimum atomic E-state index is -0.468. The number of hydrogen-bond acceptors (Lipinski definition) is 4. The number of hydrogen-bond donors (Lipinski definition) is 1. The predicted octanol–water partition coefficient (Wildman–Crippen LogP) is 1.29. The topological polar surface area (TPSA) is 61.9 Å². The maximum absolute atomic E-state index is 13.5. The fraction of sp³-hybridized carbons (Fsp3) is 0.529. The summed E-state index contributed by atoms with van der Waals surface area (Å²) in [5.74, 6) is -0.283. The van der Waals surface area contributed by atoms with Crippen LogP contribution in [0.4, 0.5) is 4.39 Å². The van der Waals surface area contributed by atoms with Gasteiger partial charge in [-0.25, -0.2) is 4.39 Å². The second-order valence-corrected chi connectivity index (χ2v) is 6.16. The molecule has 1 atom stereocenters. The lowest BCUT2D eigenvalue weighted by Gasteiger charge is -2.41. The third kappa shape index (κ3) is 4.22. The lowest BCUT2D eigenvalue weighted by molar-refractivity contribution is -0.135. The van der Waals surface area contributed by atoms with Gasteiger partial charge in [-0.15, -0.1) is 12.4 Å². The normalized spacial score (nSPS) is 20.9. The van der Waals surface area contributed by atoms with E-state index in [1.54, 1.807) is 4.90 Å². The zero-order valence-corrected chi connectivity index (χ0v) is 15.0. The number of carbonyl (C=O) groups excluding carboxylic acids is 2. The van der Waals surface area contributed by atoms with Crippen LogP contribution in [0.5, 0.6) is 5.75 Å². The molecule has 2 amide bonds. The molecule has 25 heavy (non-hydrogen) atoms. The number of benzene rings is 1. The first-order chi connectivity index (χ1) is 11.6. The highest BCUT2D eigenvalue weighted by atomic mass is 35.5. The quantitative estimate of drug-likeness (QED) is 0.869. The standard InChI is InChI=1S/C17H22FN3O3.ClH/c1-24-15-5-4-12(18)9-14(15)17(23)20-7-2-3-13(11-20)21-8-6-19-10-16(21)22;/h4-5,9,13,19H,2-3,6-8,10-11H2,1H3;1H. The first-order valence-corrected chi connectivity index (χ1v) is 8.23. The molecule has 1 N–H and O–H groups in total. The van der Waals surface area contributed by atoms with Crippen LogP contribution in [0.2, 0.25) is 0 Å². The summed E-state index contributed by atoms with van der Waals surface area (Å²) >= 11 is 0. The summed E-state index contributed by atoms with van der Waals surface area (Å²) in [6, 6.07) is 3.97. The highest BCUT2D eigenvalue weighted by Crippen LogP contribution is 2.24. The zero-order chi connectivity index (χ0) is 17.1. The Hall–Kier alpha value is -1.86. The molecule has 0 spiro atoms. The highest BCUT2D eigenvalue weighted by Gasteiger charge is 2.32. The molecule has 0 aromatic heterocycles. The van der Waals surface area contributed by atoms with E-state index in [0.29, 0.717) is 31.9 Å². The van der Waals surface area contributed by atoms with Gasteiger partial charge in [0.15, 0.2) is 0 Å². The molecule has 0 aliphatic carbocycles. The first kappa shape index (κ1) is 19.5. The van der Waals surface area contributed by atoms with Crippen LogP contribution in [0.3, 0.4) is 0 Å². The average molecular weight is 372 g/mol. The molecule has 6 nitrogen and oxygen atoms in total. The fourth-order valence-electron chi connectivity index (χ4n) is 3.42. The minimum absolute atomic E-state index is 0. The first-order valence-electron chi connectivity index (χ1n) is 8.23. The minimum Gasteiger partial charge on any atom is -0.496 e. The van der Waals surface area contributed by atoms with Crippen molar-refractivity contribution >= 4 is 24.2 Å². The number of ether oxygens (including phenoxy) is 1. The predicted molar refractivity (Wildman–Crippen MR) is 93.7 cm³/mol. The molecule has 8 heteroatoms. The smallest absolute Gasteiger partial charge is 0.257 e. The van der Waals surface area contributed by atoms with E-state index in [2.05, 4.69) is 5.32 Å². The van der Waals surface area contributed by atoms with Gasteiger partial charge >= 0.3 is 0 Å². The molecule has 0 saturated carbocycles. The van der Waals surface area contributed by atoms with Crippen molar-refractivity contribution in [2.75, 3.05) is 39.8 Å². The van der Waals surface area contributed by atoms with E-state index in [1.807, 2.05) is 4.90 Å². The van der Waals surface area contributed by atoms with E-state index in [0.717, 1.165) is 19.4 Å². The summed E-state index contributed by atoms with van der Waals surface area (Å²) in [5.41, 5.74) is 0.227. The van der Waals surface area contributed by atoms with Gasteiger partial charge in [-0.2, -0.15) is 0 Å². The Labute approximate surface area is 152 Å². The molecule has 138 valence electrons. The maximum Gasteiger partial charge on any atom is 0.257 e. The Kier molecular flexibility index (Phi) is 6.61. The van der Waals surface area contributed by atoms with E-state index in [1.165, 1.54) is 25.3 Å². The molecule has 1 aromatic carbocycles. The number of nitrogens with one attached hydrogen (secondary N) is 1. The molecule has 0 bridgehead atoms. The number of nitrogens with zero attached hydrogens (tertiary/aromatic N) is 2. The fourth-order valence-corrected chi connectivity index (χ4v) is 3.42. The number of likely N-dealkylation sites (tertiary alicyclic amines) is 1. The van der Waals surface area contributed by atoms with Gasteiger partial charge in [0.25, 0.3) is 5.91 Å². The molecule has 2 aliphatic heterocycles. The second-order valence-electron chi connectivity index (χ2n) is 6.16. The number of piperidine rings is 1. The van der Waals surface area contributed by atoms with Crippen LogP contribution in [0.25, 0.3) is 0 Å². The van der Waals surface area contributed by atoms with Crippen molar-refractivity contribution in [1.29, 1.82) is 0 Å².